The molecule has 1 aromatic carbocycles. The number of hydrogen-bond acceptors (Lipinski definition) is 0. The molecule has 0 fully saturated rings. The Kier molecular flexibility index (Phi) is 5.25. The van der Waals surface area contributed by atoms with Crippen LogP contribution in [0.4, 0.5) is 0 Å². The first-order valence-corrected chi connectivity index (χ1v) is 3.07. The van der Waals surface area contributed by atoms with Gasteiger partial charge in [-0.15, -0.1) is 11.6 Å². The van der Waals surface area contributed by atoms with Gasteiger partial charge in [-0.05, 0) is 5.56 Å². The van der Waals surface area contributed by atoms with Crippen LogP contribution in [-0.2, 0) is 5.88 Å². The van der Waals surface area contributed by atoms with Gasteiger partial charge in [-0.25, -0.2) is 0 Å². The molecule has 0 aliphatic heterocycles. The maximum atomic E-state index is 5.53. The first kappa shape index (κ1) is 9.28. The quantitative estimate of drug-likeness (QED) is 0.425. The average molecular weight is 151 g/mol. The highest BCUT2D eigenvalue weighted by atomic mass is 35.5. The fourth-order valence-electron chi connectivity index (χ4n) is 0.567. The maximum absolute atomic E-state index is 5.53. The summed E-state index contributed by atoms with van der Waals surface area (Å²) in [6, 6.07) is 9.96. The summed E-state index contributed by atoms with van der Waals surface area (Å²) in [5.74, 6) is 0.612. The Morgan fingerprint density at radius 3 is 2.00 bits per heavy atom. The SMILES string of the molecule is ClCc1ccccc1.[Mg]. The monoisotopic (exact) mass is 150 g/mol. The Bertz CT molecular complexity index is 150. The van der Waals surface area contributed by atoms with Crippen molar-refractivity contribution in [1.82, 2.24) is 0 Å². The fraction of sp³-hybridized carbons (Fsp3) is 0.143. The van der Waals surface area contributed by atoms with Crippen LogP contribution < -0.4 is 0 Å². The van der Waals surface area contributed by atoms with Crippen molar-refractivity contribution in [3.63, 3.8) is 0 Å². The molecular formula is C7H7ClMg. The summed E-state index contributed by atoms with van der Waals surface area (Å²) in [6.45, 7) is 0. The van der Waals surface area contributed by atoms with Crippen molar-refractivity contribution in [2.45, 2.75) is 5.88 Å². The lowest BCUT2D eigenvalue weighted by molar-refractivity contribution is 1.41. The van der Waals surface area contributed by atoms with E-state index in [4.69, 9.17) is 11.6 Å². The van der Waals surface area contributed by atoms with Crippen LogP contribution in [0.25, 0.3) is 0 Å². The first-order valence-electron chi connectivity index (χ1n) is 2.53. The van der Waals surface area contributed by atoms with Gasteiger partial charge in [0.15, 0.2) is 0 Å². The van der Waals surface area contributed by atoms with E-state index in [-0.39, 0.29) is 23.1 Å². The van der Waals surface area contributed by atoms with E-state index < -0.39 is 0 Å². The Balaban J connectivity index is 0.000000640. The lowest BCUT2D eigenvalue weighted by Gasteiger charge is -1.88. The highest BCUT2D eigenvalue weighted by Gasteiger charge is 1.81. The molecule has 0 aliphatic carbocycles. The normalized spacial score (nSPS) is 8.11. The summed E-state index contributed by atoms with van der Waals surface area (Å²) < 4.78 is 0. The van der Waals surface area contributed by atoms with Crippen LogP contribution in [0.2, 0.25) is 0 Å². The zero-order valence-electron chi connectivity index (χ0n) is 5.18. The third-order valence-corrected chi connectivity index (χ3v) is 1.31. The Labute approximate surface area is 76.4 Å². The summed E-state index contributed by atoms with van der Waals surface area (Å²) in [4.78, 5) is 0. The van der Waals surface area contributed by atoms with Crippen molar-refractivity contribution >= 4 is 34.7 Å². The van der Waals surface area contributed by atoms with Crippen molar-refractivity contribution in [2.75, 3.05) is 0 Å². The van der Waals surface area contributed by atoms with Crippen molar-refractivity contribution in [3.8, 4) is 0 Å². The molecule has 0 aromatic heterocycles. The number of hydrogen-bond donors (Lipinski definition) is 0. The van der Waals surface area contributed by atoms with Gasteiger partial charge in [-0.2, -0.15) is 0 Å². The van der Waals surface area contributed by atoms with Gasteiger partial charge in [0.1, 0.15) is 0 Å². The standard InChI is InChI=1S/C7H7Cl.Mg/c8-6-7-4-2-1-3-5-7;/h1-5H,6H2;. The second kappa shape index (κ2) is 5.09. The Hall–Kier alpha value is 0.276. The summed E-state index contributed by atoms with van der Waals surface area (Å²) in [6.07, 6.45) is 0. The lowest BCUT2D eigenvalue weighted by atomic mass is 10.2. The van der Waals surface area contributed by atoms with Crippen molar-refractivity contribution in [2.24, 2.45) is 0 Å². The van der Waals surface area contributed by atoms with E-state index >= 15 is 0 Å². The van der Waals surface area contributed by atoms with Gasteiger partial charge in [0.2, 0.25) is 0 Å². The second-order valence-corrected chi connectivity index (χ2v) is 1.89. The fourth-order valence-corrected chi connectivity index (χ4v) is 0.745. The average Bonchev–Trinajstić information content (AvgIpc) is 1.90. The van der Waals surface area contributed by atoms with Crippen molar-refractivity contribution < 1.29 is 0 Å². The van der Waals surface area contributed by atoms with Gasteiger partial charge in [0.05, 0.1) is 0 Å². The smallest absolute Gasteiger partial charge is 0.0474 e. The first-order chi connectivity index (χ1) is 3.93. The van der Waals surface area contributed by atoms with Gasteiger partial charge in [0, 0.05) is 28.9 Å². The molecule has 0 heterocycles. The van der Waals surface area contributed by atoms with Gasteiger partial charge >= 0.3 is 0 Å². The topological polar surface area (TPSA) is 0 Å². The van der Waals surface area contributed by atoms with Crippen LogP contribution in [0.3, 0.4) is 0 Å². The van der Waals surface area contributed by atoms with E-state index in [1.807, 2.05) is 30.3 Å². The molecule has 2 radical (unpaired) electrons. The molecule has 1 aromatic rings. The number of benzene rings is 1. The second-order valence-electron chi connectivity index (χ2n) is 1.62. The molecule has 0 spiro atoms. The Morgan fingerprint density at radius 2 is 1.67 bits per heavy atom. The van der Waals surface area contributed by atoms with E-state index in [0.717, 1.165) is 0 Å². The predicted molar refractivity (Wildman–Crippen MR) is 41.8 cm³/mol. The van der Waals surface area contributed by atoms with Gasteiger partial charge in [-0.3, -0.25) is 0 Å². The zero-order chi connectivity index (χ0) is 5.82. The van der Waals surface area contributed by atoms with Crippen molar-refractivity contribution in [1.29, 1.82) is 0 Å². The lowest BCUT2D eigenvalue weighted by Crippen LogP contribution is -1.71. The third-order valence-electron chi connectivity index (χ3n) is 0.997. The maximum Gasteiger partial charge on any atom is 0.0474 e. The number of rotatable bonds is 1. The van der Waals surface area contributed by atoms with Gasteiger partial charge in [0.25, 0.3) is 0 Å². The zero-order valence-corrected chi connectivity index (χ0v) is 7.35. The van der Waals surface area contributed by atoms with E-state index in [1.165, 1.54) is 5.56 Å². The summed E-state index contributed by atoms with van der Waals surface area (Å²) in [7, 11) is 0. The minimum absolute atomic E-state index is 0. The molecule has 9 heavy (non-hydrogen) atoms. The molecule has 44 valence electrons. The molecule has 0 N–H and O–H groups in total. The summed E-state index contributed by atoms with van der Waals surface area (Å²) in [5.41, 5.74) is 1.18. The highest BCUT2D eigenvalue weighted by molar-refractivity contribution is 6.17. The van der Waals surface area contributed by atoms with Crippen LogP contribution in [0.15, 0.2) is 30.3 Å². The molecular weight excluding hydrogens is 144 g/mol. The molecule has 0 unspecified atom stereocenters. The van der Waals surface area contributed by atoms with Crippen LogP contribution >= 0.6 is 11.6 Å². The van der Waals surface area contributed by atoms with Crippen LogP contribution in [0.1, 0.15) is 5.56 Å². The third kappa shape index (κ3) is 3.09. The largest absolute Gasteiger partial charge is 0.122 e. The molecule has 0 nitrogen and oxygen atoms in total. The molecule has 0 atom stereocenters. The van der Waals surface area contributed by atoms with Gasteiger partial charge < -0.3 is 0 Å². The molecule has 0 saturated carbocycles. The summed E-state index contributed by atoms with van der Waals surface area (Å²) >= 11 is 5.53. The molecule has 1 rings (SSSR count). The van der Waals surface area contributed by atoms with Crippen LogP contribution in [-0.4, -0.2) is 23.1 Å². The van der Waals surface area contributed by atoms with E-state index in [9.17, 15) is 0 Å². The van der Waals surface area contributed by atoms with E-state index in [0.29, 0.717) is 5.88 Å². The highest BCUT2D eigenvalue weighted by Crippen LogP contribution is 2.00. The molecule has 0 saturated heterocycles. The minimum atomic E-state index is 0. The van der Waals surface area contributed by atoms with E-state index in [1.54, 1.807) is 0 Å². The summed E-state index contributed by atoms with van der Waals surface area (Å²) in [5, 5.41) is 0. The Morgan fingerprint density at radius 1 is 1.11 bits per heavy atom. The van der Waals surface area contributed by atoms with Crippen LogP contribution in [0.5, 0.6) is 0 Å². The van der Waals surface area contributed by atoms with Crippen molar-refractivity contribution in [3.05, 3.63) is 35.9 Å². The van der Waals surface area contributed by atoms with Gasteiger partial charge in [-0.1, -0.05) is 30.3 Å². The molecule has 0 bridgehead atoms. The predicted octanol–water partition coefficient (Wildman–Crippen LogP) is 2.04. The molecule has 0 aliphatic rings. The molecule has 0 amide bonds. The molecule has 2 heteroatoms. The number of alkyl halides is 1. The van der Waals surface area contributed by atoms with Crippen LogP contribution in [0, 0.1) is 0 Å². The van der Waals surface area contributed by atoms with E-state index in [2.05, 4.69) is 0 Å². The minimum Gasteiger partial charge on any atom is -0.122 e. The number of halogens is 1.